The number of benzene rings is 2. The molecular formula is C21H19N3O5S. The Bertz CT molecular complexity index is 1090. The number of amides is 1. The topological polar surface area (TPSA) is 99.6 Å². The third kappa shape index (κ3) is 4.80. The first-order chi connectivity index (χ1) is 14.6. The van der Waals surface area contributed by atoms with E-state index >= 15 is 0 Å². The zero-order valence-corrected chi connectivity index (χ0v) is 17.0. The minimum absolute atomic E-state index is 0.0345. The van der Waals surface area contributed by atoms with Gasteiger partial charge in [0, 0.05) is 6.54 Å². The van der Waals surface area contributed by atoms with Crippen LogP contribution in [0.2, 0.25) is 0 Å². The maximum atomic E-state index is 12.2. The molecule has 1 aromatic heterocycles. The Kier molecular flexibility index (Phi) is 5.99. The fraction of sp³-hybridized carbons (Fsp3) is 0.238. The molecule has 1 N–H and O–H groups in total. The summed E-state index contributed by atoms with van der Waals surface area (Å²) in [6.07, 6.45) is 0.705. The average molecular weight is 425 g/mol. The highest BCUT2D eigenvalue weighted by Gasteiger charge is 2.19. The predicted molar refractivity (Wildman–Crippen MR) is 110 cm³/mol. The van der Waals surface area contributed by atoms with Gasteiger partial charge in [-0.15, -0.1) is 0 Å². The molecular weight excluding hydrogens is 406 g/mol. The summed E-state index contributed by atoms with van der Waals surface area (Å²) in [5.41, 5.74) is 2.40. The lowest BCUT2D eigenvalue weighted by atomic mass is 10.2. The number of carbonyl (C=O) groups is 2. The van der Waals surface area contributed by atoms with Crippen molar-refractivity contribution in [2.24, 2.45) is 0 Å². The zero-order valence-electron chi connectivity index (χ0n) is 16.2. The van der Waals surface area contributed by atoms with Crippen molar-refractivity contribution in [3.05, 3.63) is 54.2 Å². The fourth-order valence-electron chi connectivity index (χ4n) is 2.81. The number of hydrogen-bond donors (Lipinski definition) is 1. The van der Waals surface area contributed by atoms with E-state index in [9.17, 15) is 9.59 Å². The van der Waals surface area contributed by atoms with Crippen molar-refractivity contribution < 1.29 is 23.8 Å². The van der Waals surface area contributed by atoms with E-state index in [0.717, 1.165) is 16.6 Å². The van der Waals surface area contributed by atoms with Gasteiger partial charge in [0.15, 0.2) is 17.6 Å². The van der Waals surface area contributed by atoms with Crippen LogP contribution in [-0.2, 0) is 20.9 Å². The second-order valence-corrected chi connectivity index (χ2v) is 7.52. The van der Waals surface area contributed by atoms with Crippen molar-refractivity contribution in [3.8, 4) is 11.5 Å². The Hall–Kier alpha value is -3.33. The van der Waals surface area contributed by atoms with Gasteiger partial charge in [-0.25, -0.2) is 4.98 Å². The van der Waals surface area contributed by atoms with Crippen LogP contribution in [0.5, 0.6) is 11.5 Å². The van der Waals surface area contributed by atoms with E-state index in [1.165, 1.54) is 18.7 Å². The standard InChI is InChI=1S/C21H19N3O5S/c1-13(21(26)23-9-14-6-7-17-18(8-14)28-12-27-17)29-20(25)11-30-19-10-22-15-4-2-3-5-16(15)24-19/h2-8,10,13H,9,11-12H2,1H3,(H,23,26). The van der Waals surface area contributed by atoms with E-state index in [4.69, 9.17) is 14.2 Å². The first kappa shape index (κ1) is 20.0. The summed E-state index contributed by atoms with van der Waals surface area (Å²) in [5, 5.41) is 3.36. The number of nitrogens with zero attached hydrogens (tertiary/aromatic N) is 2. The molecule has 30 heavy (non-hydrogen) atoms. The first-order valence-corrected chi connectivity index (χ1v) is 10.3. The lowest BCUT2D eigenvalue weighted by Crippen LogP contribution is -2.35. The molecule has 1 aliphatic heterocycles. The van der Waals surface area contributed by atoms with Crippen LogP contribution in [0.4, 0.5) is 0 Å². The molecule has 1 aliphatic rings. The normalized spacial score (nSPS) is 13.1. The van der Waals surface area contributed by atoms with Crippen LogP contribution in [0.3, 0.4) is 0 Å². The summed E-state index contributed by atoms with van der Waals surface area (Å²) in [6, 6.07) is 12.9. The molecule has 0 aliphatic carbocycles. The van der Waals surface area contributed by atoms with E-state index in [-0.39, 0.29) is 18.5 Å². The van der Waals surface area contributed by atoms with Crippen LogP contribution in [0.1, 0.15) is 12.5 Å². The monoisotopic (exact) mass is 425 g/mol. The minimum atomic E-state index is -0.908. The lowest BCUT2D eigenvalue weighted by Gasteiger charge is -2.13. The number of fused-ring (bicyclic) bond motifs is 2. The van der Waals surface area contributed by atoms with Crippen LogP contribution in [0.25, 0.3) is 11.0 Å². The third-order valence-corrected chi connectivity index (χ3v) is 5.22. The SMILES string of the molecule is CC(OC(=O)CSc1cnc2ccccc2n1)C(=O)NCc1ccc2c(c1)OCO2. The predicted octanol–water partition coefficient (Wildman–Crippen LogP) is 2.70. The summed E-state index contributed by atoms with van der Waals surface area (Å²) in [7, 11) is 0. The number of ether oxygens (including phenoxy) is 3. The quantitative estimate of drug-likeness (QED) is 0.456. The number of esters is 1. The van der Waals surface area contributed by atoms with E-state index < -0.39 is 12.1 Å². The number of carbonyl (C=O) groups excluding carboxylic acids is 2. The Labute approximate surface area is 176 Å². The van der Waals surface area contributed by atoms with Gasteiger partial charge in [0.25, 0.3) is 5.91 Å². The Morgan fingerprint density at radius 3 is 2.83 bits per heavy atom. The van der Waals surface area contributed by atoms with E-state index in [0.29, 0.717) is 23.1 Å². The summed E-state index contributed by atoms with van der Waals surface area (Å²) in [6.45, 7) is 2.02. The number of aromatic nitrogens is 2. The lowest BCUT2D eigenvalue weighted by molar-refractivity contribution is -0.152. The molecule has 1 unspecified atom stereocenters. The summed E-state index contributed by atoms with van der Waals surface area (Å²) < 4.78 is 15.8. The van der Waals surface area contributed by atoms with Gasteiger partial charge in [-0.1, -0.05) is 30.0 Å². The van der Waals surface area contributed by atoms with Crippen LogP contribution in [0.15, 0.2) is 53.7 Å². The maximum absolute atomic E-state index is 12.2. The molecule has 0 radical (unpaired) electrons. The van der Waals surface area contributed by atoms with Crippen molar-refractivity contribution in [1.82, 2.24) is 15.3 Å². The number of para-hydroxylation sites is 2. The fourth-order valence-corrected chi connectivity index (χ4v) is 3.44. The second-order valence-electron chi connectivity index (χ2n) is 6.52. The Morgan fingerprint density at radius 1 is 1.17 bits per heavy atom. The molecule has 0 bridgehead atoms. The van der Waals surface area contributed by atoms with Crippen molar-refractivity contribution in [2.45, 2.75) is 24.6 Å². The molecule has 154 valence electrons. The van der Waals surface area contributed by atoms with Crippen molar-refractivity contribution >= 4 is 34.7 Å². The highest BCUT2D eigenvalue weighted by molar-refractivity contribution is 7.99. The second kappa shape index (κ2) is 9.00. The van der Waals surface area contributed by atoms with Crippen LogP contribution >= 0.6 is 11.8 Å². The van der Waals surface area contributed by atoms with Gasteiger partial charge in [-0.05, 0) is 36.8 Å². The van der Waals surface area contributed by atoms with Gasteiger partial charge in [0.2, 0.25) is 6.79 Å². The van der Waals surface area contributed by atoms with Gasteiger partial charge in [-0.3, -0.25) is 14.6 Å². The number of nitrogens with one attached hydrogen (secondary N) is 1. The molecule has 2 aromatic carbocycles. The third-order valence-electron chi connectivity index (χ3n) is 4.35. The van der Waals surface area contributed by atoms with E-state index in [2.05, 4.69) is 15.3 Å². The molecule has 4 rings (SSSR count). The zero-order chi connectivity index (χ0) is 20.9. The molecule has 0 saturated carbocycles. The number of rotatable bonds is 7. The first-order valence-electron chi connectivity index (χ1n) is 9.29. The van der Waals surface area contributed by atoms with Gasteiger partial charge >= 0.3 is 5.97 Å². The van der Waals surface area contributed by atoms with E-state index in [1.54, 1.807) is 18.3 Å². The summed E-state index contributed by atoms with van der Waals surface area (Å²) in [5.74, 6) is 0.487. The molecule has 1 amide bonds. The van der Waals surface area contributed by atoms with Gasteiger partial charge in [-0.2, -0.15) is 0 Å². The summed E-state index contributed by atoms with van der Waals surface area (Å²) in [4.78, 5) is 33.1. The van der Waals surface area contributed by atoms with Gasteiger partial charge in [0.05, 0.1) is 23.0 Å². The van der Waals surface area contributed by atoms with Crippen LogP contribution in [0, 0.1) is 0 Å². The molecule has 0 fully saturated rings. The average Bonchev–Trinajstić information content (AvgIpc) is 3.23. The summed E-state index contributed by atoms with van der Waals surface area (Å²) >= 11 is 1.21. The Morgan fingerprint density at radius 2 is 1.97 bits per heavy atom. The maximum Gasteiger partial charge on any atom is 0.317 e. The van der Waals surface area contributed by atoms with Crippen molar-refractivity contribution in [2.75, 3.05) is 12.5 Å². The largest absolute Gasteiger partial charge is 0.454 e. The smallest absolute Gasteiger partial charge is 0.317 e. The Balaban J connectivity index is 1.23. The number of hydrogen-bond acceptors (Lipinski definition) is 8. The van der Waals surface area contributed by atoms with E-state index in [1.807, 2.05) is 30.3 Å². The molecule has 8 nitrogen and oxygen atoms in total. The molecule has 0 spiro atoms. The molecule has 0 saturated heterocycles. The highest BCUT2D eigenvalue weighted by atomic mass is 32.2. The van der Waals surface area contributed by atoms with Gasteiger partial charge < -0.3 is 19.5 Å². The van der Waals surface area contributed by atoms with Crippen molar-refractivity contribution in [1.29, 1.82) is 0 Å². The minimum Gasteiger partial charge on any atom is -0.454 e. The van der Waals surface area contributed by atoms with Crippen LogP contribution < -0.4 is 14.8 Å². The van der Waals surface area contributed by atoms with Crippen LogP contribution in [-0.4, -0.2) is 40.5 Å². The van der Waals surface area contributed by atoms with Gasteiger partial charge in [0.1, 0.15) is 5.03 Å². The van der Waals surface area contributed by atoms with Crippen molar-refractivity contribution in [3.63, 3.8) is 0 Å². The molecule has 3 aromatic rings. The molecule has 2 heterocycles. The molecule has 1 atom stereocenters. The number of thioether (sulfide) groups is 1. The molecule has 9 heteroatoms. The highest BCUT2D eigenvalue weighted by Crippen LogP contribution is 2.32.